The number of ether oxygens (including phenoxy) is 1. The van der Waals surface area contributed by atoms with Crippen molar-refractivity contribution in [3.8, 4) is 5.75 Å². The summed E-state index contributed by atoms with van der Waals surface area (Å²) >= 11 is 0. The number of hydrogen-bond donors (Lipinski definition) is 2. The molecular formula is C30H31N3O5. The van der Waals surface area contributed by atoms with Gasteiger partial charge in [-0.2, -0.15) is 0 Å². The highest BCUT2D eigenvalue weighted by Gasteiger charge is 2.47. The SMILES string of the molecule is COc1c(C)cc(C)cc1/C(O)=C1\C(=O)C(=O)N(c2cccc(NC(C)=O)c2)C1c1ccc(N(C)C)cc1. The molecule has 4 rings (SSSR count). The maximum absolute atomic E-state index is 13.6. The van der Waals surface area contributed by atoms with Gasteiger partial charge in [0.05, 0.1) is 24.3 Å². The Bertz CT molecular complexity index is 1460. The van der Waals surface area contributed by atoms with Crippen molar-refractivity contribution in [3.63, 3.8) is 0 Å². The van der Waals surface area contributed by atoms with Crippen molar-refractivity contribution in [1.29, 1.82) is 0 Å². The maximum atomic E-state index is 13.6. The molecule has 38 heavy (non-hydrogen) atoms. The number of carbonyl (C=O) groups is 3. The summed E-state index contributed by atoms with van der Waals surface area (Å²) < 4.78 is 5.57. The molecule has 8 heteroatoms. The summed E-state index contributed by atoms with van der Waals surface area (Å²) in [5, 5.41) is 14.3. The molecule has 0 saturated carbocycles. The minimum atomic E-state index is -0.913. The van der Waals surface area contributed by atoms with Gasteiger partial charge in [-0.25, -0.2) is 0 Å². The average Bonchev–Trinajstić information content (AvgIpc) is 3.13. The minimum Gasteiger partial charge on any atom is -0.507 e. The second kappa shape index (κ2) is 10.4. The smallest absolute Gasteiger partial charge is 0.300 e. The number of Topliss-reactive ketones (excluding diaryl/α,β-unsaturated/α-hetero) is 1. The molecule has 2 N–H and O–H groups in total. The lowest BCUT2D eigenvalue weighted by atomic mass is 9.93. The molecule has 1 fully saturated rings. The molecule has 196 valence electrons. The molecule has 1 aliphatic rings. The molecule has 2 amide bonds. The number of hydrogen-bond acceptors (Lipinski definition) is 6. The van der Waals surface area contributed by atoms with E-state index in [0.29, 0.717) is 28.3 Å². The Morgan fingerprint density at radius 2 is 1.71 bits per heavy atom. The fourth-order valence-electron chi connectivity index (χ4n) is 4.85. The molecule has 1 heterocycles. The van der Waals surface area contributed by atoms with Crippen LogP contribution in [0.3, 0.4) is 0 Å². The van der Waals surface area contributed by atoms with Gasteiger partial charge in [0.15, 0.2) is 0 Å². The fourth-order valence-corrected chi connectivity index (χ4v) is 4.85. The summed E-state index contributed by atoms with van der Waals surface area (Å²) in [6, 6.07) is 16.9. The zero-order valence-corrected chi connectivity index (χ0v) is 22.3. The molecule has 0 radical (unpaired) electrons. The van der Waals surface area contributed by atoms with Gasteiger partial charge in [-0.3, -0.25) is 19.3 Å². The van der Waals surface area contributed by atoms with Crippen LogP contribution in [-0.2, 0) is 14.4 Å². The zero-order valence-electron chi connectivity index (χ0n) is 22.3. The molecule has 8 nitrogen and oxygen atoms in total. The van der Waals surface area contributed by atoms with Crippen molar-refractivity contribution >= 4 is 40.4 Å². The third-order valence-electron chi connectivity index (χ3n) is 6.49. The highest BCUT2D eigenvalue weighted by Crippen LogP contribution is 2.44. The van der Waals surface area contributed by atoms with Crippen LogP contribution >= 0.6 is 0 Å². The van der Waals surface area contributed by atoms with E-state index in [-0.39, 0.29) is 17.2 Å². The Labute approximate surface area is 222 Å². The number of anilines is 3. The van der Waals surface area contributed by atoms with Gasteiger partial charge in [-0.05, 0) is 66.9 Å². The summed E-state index contributed by atoms with van der Waals surface area (Å²) in [7, 11) is 5.33. The first-order chi connectivity index (χ1) is 18.0. The third-order valence-corrected chi connectivity index (χ3v) is 6.49. The quantitative estimate of drug-likeness (QED) is 0.275. The van der Waals surface area contributed by atoms with E-state index in [9.17, 15) is 19.5 Å². The predicted molar refractivity (Wildman–Crippen MR) is 149 cm³/mol. The van der Waals surface area contributed by atoms with Crippen LogP contribution in [0.15, 0.2) is 66.2 Å². The molecule has 1 saturated heterocycles. The molecule has 3 aromatic carbocycles. The van der Waals surface area contributed by atoms with Crippen LogP contribution in [0.2, 0.25) is 0 Å². The van der Waals surface area contributed by atoms with E-state index >= 15 is 0 Å². The van der Waals surface area contributed by atoms with Gasteiger partial charge >= 0.3 is 0 Å². The minimum absolute atomic E-state index is 0.0409. The second-order valence-corrected chi connectivity index (χ2v) is 9.55. The van der Waals surface area contributed by atoms with E-state index in [1.165, 1.54) is 18.9 Å². The standard InChI is InChI=1S/C30H31N3O5/c1-17-14-18(2)29(38-6)24(15-17)27(35)25-26(20-10-12-22(13-11-20)32(4)5)33(30(37)28(25)36)23-9-7-8-21(16-23)31-19(3)34/h7-16,26,35H,1-6H3,(H,31,34)/b27-25+. The lowest BCUT2D eigenvalue weighted by Gasteiger charge is -2.26. The topological polar surface area (TPSA) is 99.2 Å². The van der Waals surface area contributed by atoms with Gasteiger partial charge in [0.25, 0.3) is 11.7 Å². The van der Waals surface area contributed by atoms with Gasteiger partial charge in [-0.1, -0.05) is 24.3 Å². The number of methoxy groups -OCH3 is 1. The van der Waals surface area contributed by atoms with Crippen LogP contribution in [-0.4, -0.2) is 43.9 Å². The first-order valence-corrected chi connectivity index (χ1v) is 12.1. The number of ketones is 1. The van der Waals surface area contributed by atoms with Gasteiger partial charge in [0.2, 0.25) is 5.91 Å². The van der Waals surface area contributed by atoms with E-state index in [1.54, 1.807) is 30.3 Å². The number of benzene rings is 3. The molecule has 0 aromatic heterocycles. The van der Waals surface area contributed by atoms with E-state index in [0.717, 1.165) is 16.8 Å². The monoisotopic (exact) mass is 513 g/mol. The summed E-state index contributed by atoms with van der Waals surface area (Å²) in [4.78, 5) is 42.1. The summed E-state index contributed by atoms with van der Waals surface area (Å²) in [5.74, 6) is -1.74. The Morgan fingerprint density at radius 1 is 1.03 bits per heavy atom. The van der Waals surface area contributed by atoms with Crippen molar-refractivity contribution in [2.75, 3.05) is 36.3 Å². The Kier molecular flexibility index (Phi) is 7.26. The fraction of sp³-hybridized carbons (Fsp3) is 0.233. The van der Waals surface area contributed by atoms with Crippen molar-refractivity contribution in [1.82, 2.24) is 0 Å². The van der Waals surface area contributed by atoms with Gasteiger partial charge in [0.1, 0.15) is 11.5 Å². The largest absolute Gasteiger partial charge is 0.507 e. The number of aliphatic hydroxyl groups is 1. The van der Waals surface area contributed by atoms with Crippen molar-refractivity contribution in [3.05, 3.63) is 88.5 Å². The molecule has 1 unspecified atom stereocenters. The van der Waals surface area contributed by atoms with Crippen LogP contribution in [0.4, 0.5) is 17.1 Å². The van der Waals surface area contributed by atoms with Crippen molar-refractivity contribution < 1.29 is 24.2 Å². The molecule has 3 aromatic rings. The normalized spacial score (nSPS) is 16.5. The van der Waals surface area contributed by atoms with Crippen molar-refractivity contribution in [2.24, 2.45) is 0 Å². The number of aliphatic hydroxyl groups excluding tert-OH is 1. The van der Waals surface area contributed by atoms with Crippen molar-refractivity contribution in [2.45, 2.75) is 26.8 Å². The maximum Gasteiger partial charge on any atom is 0.300 e. The van der Waals surface area contributed by atoms with Crippen LogP contribution < -0.4 is 19.9 Å². The number of carbonyl (C=O) groups excluding carboxylic acids is 3. The second-order valence-electron chi connectivity index (χ2n) is 9.55. The summed E-state index contributed by atoms with van der Waals surface area (Å²) in [6.45, 7) is 5.13. The Morgan fingerprint density at radius 3 is 2.32 bits per heavy atom. The van der Waals surface area contributed by atoms with Crippen LogP contribution in [0.5, 0.6) is 5.75 Å². The molecule has 1 atom stereocenters. The zero-order chi connectivity index (χ0) is 27.7. The average molecular weight is 514 g/mol. The van der Waals surface area contributed by atoms with Gasteiger partial charge in [-0.15, -0.1) is 0 Å². The van der Waals surface area contributed by atoms with Gasteiger partial charge in [0, 0.05) is 38.1 Å². The van der Waals surface area contributed by atoms with E-state index in [1.807, 2.05) is 63.2 Å². The first kappa shape index (κ1) is 26.5. The van der Waals surface area contributed by atoms with Gasteiger partial charge < -0.3 is 20.1 Å². The van der Waals surface area contributed by atoms with E-state index < -0.39 is 17.7 Å². The van der Waals surface area contributed by atoms with E-state index in [4.69, 9.17) is 4.74 Å². The third kappa shape index (κ3) is 4.85. The summed E-state index contributed by atoms with van der Waals surface area (Å²) in [5.41, 5.74) is 4.43. The van der Waals surface area contributed by atoms with Crippen LogP contribution in [0.25, 0.3) is 5.76 Å². The molecule has 0 aliphatic carbocycles. The Hall–Kier alpha value is -4.59. The molecular weight excluding hydrogens is 482 g/mol. The number of nitrogens with zero attached hydrogens (tertiary/aromatic N) is 2. The highest BCUT2D eigenvalue weighted by molar-refractivity contribution is 6.51. The predicted octanol–water partition coefficient (Wildman–Crippen LogP) is 4.96. The highest BCUT2D eigenvalue weighted by atomic mass is 16.5. The molecule has 0 spiro atoms. The molecule has 1 aliphatic heterocycles. The molecule has 0 bridgehead atoms. The summed E-state index contributed by atoms with van der Waals surface area (Å²) in [6.07, 6.45) is 0. The van der Waals surface area contributed by atoms with Crippen LogP contribution in [0, 0.1) is 13.8 Å². The number of amides is 2. The van der Waals surface area contributed by atoms with E-state index in [2.05, 4.69) is 5.32 Å². The first-order valence-electron chi connectivity index (χ1n) is 12.1. The number of nitrogens with one attached hydrogen (secondary N) is 1. The van der Waals surface area contributed by atoms with Crippen LogP contribution in [0.1, 0.15) is 35.2 Å². The lowest BCUT2D eigenvalue weighted by Crippen LogP contribution is -2.29. The number of rotatable bonds is 6. The Balaban J connectivity index is 1.97. The number of aryl methyl sites for hydroxylation is 2. The lowest BCUT2D eigenvalue weighted by molar-refractivity contribution is -0.132.